The topological polar surface area (TPSA) is 58.6 Å². The van der Waals surface area contributed by atoms with Crippen LogP contribution in [0.5, 0.6) is 5.75 Å². The zero-order valence-corrected chi connectivity index (χ0v) is 14.3. The lowest BCUT2D eigenvalue weighted by molar-refractivity contribution is -0.125. The van der Waals surface area contributed by atoms with Crippen LogP contribution < -0.4 is 9.64 Å². The van der Waals surface area contributed by atoms with Crippen LogP contribution in [0, 0.1) is 6.92 Å². The minimum Gasteiger partial charge on any atom is -0.497 e. The van der Waals surface area contributed by atoms with Gasteiger partial charge in [0, 0.05) is 24.8 Å². The highest BCUT2D eigenvalue weighted by atomic mass is 32.1. The van der Waals surface area contributed by atoms with E-state index in [2.05, 4.69) is 15.1 Å². The first-order valence-electron chi connectivity index (χ1n) is 7.57. The molecule has 1 aliphatic rings. The molecule has 7 heteroatoms. The van der Waals surface area contributed by atoms with Crippen molar-refractivity contribution in [3.05, 3.63) is 34.3 Å². The quantitative estimate of drug-likeness (QED) is 0.858. The number of hydrogen-bond acceptors (Lipinski definition) is 6. The normalized spacial score (nSPS) is 19.2. The predicted molar refractivity (Wildman–Crippen MR) is 89.9 cm³/mol. The molecule has 1 aromatic heterocycles. The lowest BCUT2D eigenvalue weighted by Crippen LogP contribution is -2.55. The molecule has 1 fully saturated rings. The first kappa shape index (κ1) is 15.9. The molecule has 0 spiro atoms. The van der Waals surface area contributed by atoms with Gasteiger partial charge >= 0.3 is 0 Å². The summed E-state index contributed by atoms with van der Waals surface area (Å²) >= 11 is 1.58. The van der Waals surface area contributed by atoms with Gasteiger partial charge in [-0.05, 0) is 26.0 Å². The Labute approximate surface area is 139 Å². The zero-order chi connectivity index (χ0) is 16.4. The molecule has 6 nitrogen and oxygen atoms in total. The molecule has 0 saturated carbocycles. The molecule has 3 rings (SSSR count). The van der Waals surface area contributed by atoms with Crippen LogP contribution in [-0.2, 0) is 11.3 Å². The summed E-state index contributed by atoms with van der Waals surface area (Å²) < 4.78 is 5.25. The first-order valence-corrected chi connectivity index (χ1v) is 8.38. The summed E-state index contributed by atoms with van der Waals surface area (Å²) in [6.45, 7) is 6.03. The molecule has 1 aliphatic heterocycles. The van der Waals surface area contributed by atoms with Gasteiger partial charge in [-0.2, -0.15) is 0 Å². The highest BCUT2D eigenvalue weighted by Gasteiger charge is 2.32. The number of methoxy groups -OCH3 is 1. The fraction of sp³-hybridized carbons (Fsp3) is 0.438. The average molecular weight is 332 g/mol. The van der Waals surface area contributed by atoms with Gasteiger partial charge in [-0.25, -0.2) is 0 Å². The Bertz CT molecular complexity index is 703. The molecule has 23 heavy (non-hydrogen) atoms. The molecule has 0 unspecified atom stereocenters. The number of rotatable bonds is 4. The standard InChI is InChI=1S/C16H20N4O2S/c1-11-16(21)20(13-5-4-6-14(9-13)22-3)8-7-19(11)10-15-18-17-12(2)23-15/h4-6,9,11H,7-8,10H2,1-3H3/t11-/m1/s1. The van der Waals surface area contributed by atoms with E-state index in [1.807, 2.05) is 43.0 Å². The molecular formula is C16H20N4O2S. The molecule has 122 valence electrons. The van der Waals surface area contributed by atoms with Gasteiger partial charge in [0.1, 0.15) is 15.8 Å². The number of amides is 1. The summed E-state index contributed by atoms with van der Waals surface area (Å²) in [5, 5.41) is 10.1. The van der Waals surface area contributed by atoms with E-state index < -0.39 is 0 Å². The molecule has 0 bridgehead atoms. The molecule has 0 N–H and O–H groups in total. The number of carbonyl (C=O) groups is 1. The van der Waals surface area contributed by atoms with Crippen molar-refractivity contribution in [3.8, 4) is 5.75 Å². The number of ether oxygens (including phenoxy) is 1. The van der Waals surface area contributed by atoms with Crippen LogP contribution >= 0.6 is 11.3 Å². The van der Waals surface area contributed by atoms with E-state index in [1.54, 1.807) is 18.4 Å². The largest absolute Gasteiger partial charge is 0.497 e. The minimum absolute atomic E-state index is 0.103. The lowest BCUT2D eigenvalue weighted by atomic mass is 10.1. The molecule has 1 saturated heterocycles. The van der Waals surface area contributed by atoms with Gasteiger partial charge in [0.2, 0.25) is 5.91 Å². The summed E-state index contributed by atoms with van der Waals surface area (Å²) in [7, 11) is 1.63. The van der Waals surface area contributed by atoms with Crippen molar-refractivity contribution >= 4 is 22.9 Å². The van der Waals surface area contributed by atoms with Crippen molar-refractivity contribution in [2.24, 2.45) is 0 Å². The van der Waals surface area contributed by atoms with Crippen LogP contribution in [-0.4, -0.2) is 47.2 Å². The van der Waals surface area contributed by atoms with Gasteiger partial charge in [-0.1, -0.05) is 6.07 Å². The van der Waals surface area contributed by atoms with Gasteiger partial charge in [0.25, 0.3) is 0 Å². The molecule has 0 aliphatic carbocycles. The van der Waals surface area contributed by atoms with E-state index in [-0.39, 0.29) is 11.9 Å². The summed E-state index contributed by atoms with van der Waals surface area (Å²) in [5.74, 6) is 0.862. The number of aromatic nitrogens is 2. The Morgan fingerprint density at radius 3 is 2.87 bits per heavy atom. The van der Waals surface area contributed by atoms with Gasteiger partial charge in [-0.15, -0.1) is 21.5 Å². The third-order valence-electron chi connectivity index (χ3n) is 4.05. The predicted octanol–water partition coefficient (Wildman–Crippen LogP) is 2.09. The number of nitrogens with zero attached hydrogens (tertiary/aromatic N) is 4. The maximum atomic E-state index is 12.7. The number of piperazine rings is 1. The van der Waals surface area contributed by atoms with Crippen molar-refractivity contribution in [1.29, 1.82) is 0 Å². The van der Waals surface area contributed by atoms with Crippen LogP contribution in [0.4, 0.5) is 5.69 Å². The van der Waals surface area contributed by atoms with Crippen LogP contribution in [0.3, 0.4) is 0 Å². The minimum atomic E-state index is -0.181. The Kier molecular flexibility index (Phi) is 4.58. The second-order valence-electron chi connectivity index (χ2n) is 5.55. The lowest BCUT2D eigenvalue weighted by Gasteiger charge is -2.38. The molecule has 1 atom stereocenters. The molecule has 1 amide bonds. The second kappa shape index (κ2) is 6.64. The number of hydrogen-bond donors (Lipinski definition) is 0. The van der Waals surface area contributed by atoms with Crippen molar-refractivity contribution in [2.75, 3.05) is 25.1 Å². The van der Waals surface area contributed by atoms with Gasteiger partial charge in [0.05, 0.1) is 19.7 Å². The third kappa shape index (κ3) is 3.35. The summed E-state index contributed by atoms with van der Waals surface area (Å²) in [5.41, 5.74) is 0.882. The number of carbonyl (C=O) groups excluding carboxylic acids is 1. The number of anilines is 1. The van der Waals surface area contributed by atoms with Gasteiger partial charge in [0.15, 0.2) is 0 Å². The van der Waals surface area contributed by atoms with E-state index in [9.17, 15) is 4.79 Å². The van der Waals surface area contributed by atoms with Gasteiger partial charge in [-0.3, -0.25) is 9.69 Å². The average Bonchev–Trinajstić information content (AvgIpc) is 2.97. The Morgan fingerprint density at radius 2 is 2.17 bits per heavy atom. The maximum absolute atomic E-state index is 12.7. The van der Waals surface area contributed by atoms with Crippen LogP contribution in [0.1, 0.15) is 16.9 Å². The Hall–Kier alpha value is -1.99. The van der Waals surface area contributed by atoms with Gasteiger partial charge < -0.3 is 9.64 Å². The first-order chi connectivity index (χ1) is 11.1. The van der Waals surface area contributed by atoms with E-state index >= 15 is 0 Å². The van der Waals surface area contributed by atoms with E-state index in [0.29, 0.717) is 13.1 Å². The number of aryl methyl sites for hydroxylation is 1. The second-order valence-corrected chi connectivity index (χ2v) is 6.82. The van der Waals surface area contributed by atoms with Crippen molar-refractivity contribution in [3.63, 3.8) is 0 Å². The highest BCUT2D eigenvalue weighted by Crippen LogP contribution is 2.25. The summed E-state index contributed by atoms with van der Waals surface area (Å²) in [6, 6.07) is 7.44. The highest BCUT2D eigenvalue weighted by molar-refractivity contribution is 7.11. The van der Waals surface area contributed by atoms with Crippen LogP contribution in [0.15, 0.2) is 24.3 Å². The summed E-state index contributed by atoms with van der Waals surface area (Å²) in [6.07, 6.45) is 0. The smallest absolute Gasteiger partial charge is 0.244 e. The fourth-order valence-electron chi connectivity index (χ4n) is 2.74. The third-order valence-corrected chi connectivity index (χ3v) is 4.88. The van der Waals surface area contributed by atoms with Crippen molar-refractivity contribution in [1.82, 2.24) is 15.1 Å². The fourth-order valence-corrected chi connectivity index (χ4v) is 3.47. The SMILES string of the molecule is COc1cccc(N2CCN(Cc3nnc(C)s3)[C@H](C)C2=O)c1. The van der Waals surface area contributed by atoms with Crippen molar-refractivity contribution < 1.29 is 9.53 Å². The molecule has 1 aromatic carbocycles. The van der Waals surface area contributed by atoms with Crippen LogP contribution in [0.25, 0.3) is 0 Å². The van der Waals surface area contributed by atoms with Crippen molar-refractivity contribution in [2.45, 2.75) is 26.4 Å². The summed E-state index contributed by atoms with van der Waals surface area (Å²) in [4.78, 5) is 16.7. The van der Waals surface area contributed by atoms with E-state index in [4.69, 9.17) is 4.74 Å². The molecule has 0 radical (unpaired) electrons. The van der Waals surface area contributed by atoms with E-state index in [0.717, 1.165) is 28.0 Å². The Morgan fingerprint density at radius 1 is 1.35 bits per heavy atom. The van der Waals surface area contributed by atoms with Crippen LogP contribution in [0.2, 0.25) is 0 Å². The number of benzene rings is 1. The van der Waals surface area contributed by atoms with E-state index in [1.165, 1.54) is 0 Å². The zero-order valence-electron chi connectivity index (χ0n) is 13.5. The monoisotopic (exact) mass is 332 g/mol. The maximum Gasteiger partial charge on any atom is 0.244 e. The molecular weight excluding hydrogens is 312 g/mol. The Balaban J connectivity index is 1.72. The molecule has 2 heterocycles. The molecule has 2 aromatic rings.